The first-order valence-electron chi connectivity index (χ1n) is 16.9. The summed E-state index contributed by atoms with van der Waals surface area (Å²) in [6.45, 7) is 8.29. The van der Waals surface area contributed by atoms with Crippen LogP contribution in [0.3, 0.4) is 0 Å². The molecular formula is C46H34N4. The molecule has 50 heavy (non-hydrogen) atoms. The van der Waals surface area contributed by atoms with Gasteiger partial charge in [-0.15, -0.1) is 0 Å². The van der Waals surface area contributed by atoms with Gasteiger partial charge in [-0.05, 0) is 91.6 Å². The lowest BCUT2D eigenvalue weighted by atomic mass is 9.93. The summed E-state index contributed by atoms with van der Waals surface area (Å²) in [6.07, 6.45) is 13.7. The number of nitriles is 2. The smallest absolute Gasteiger partial charge is 0.101 e. The van der Waals surface area contributed by atoms with Crippen LogP contribution in [-0.4, -0.2) is 9.13 Å². The van der Waals surface area contributed by atoms with Crippen LogP contribution in [0.25, 0.3) is 67.2 Å². The van der Waals surface area contributed by atoms with Gasteiger partial charge in [0.15, 0.2) is 0 Å². The van der Waals surface area contributed by atoms with Crippen LogP contribution in [0.15, 0.2) is 134 Å². The molecule has 0 radical (unpaired) electrons. The lowest BCUT2D eigenvalue weighted by Gasteiger charge is -2.22. The fourth-order valence-electron chi connectivity index (χ4n) is 7.67. The quantitative estimate of drug-likeness (QED) is 0.181. The minimum Gasteiger partial charge on any atom is -0.332 e. The first-order chi connectivity index (χ1) is 24.5. The van der Waals surface area contributed by atoms with Crippen LogP contribution in [0.4, 0.5) is 0 Å². The van der Waals surface area contributed by atoms with E-state index in [0.29, 0.717) is 11.1 Å². The largest absolute Gasteiger partial charge is 0.332 e. The van der Waals surface area contributed by atoms with Crippen molar-refractivity contribution in [2.45, 2.75) is 26.3 Å². The summed E-state index contributed by atoms with van der Waals surface area (Å²) in [5.74, 6) is 0. The Morgan fingerprint density at radius 3 is 2.44 bits per heavy atom. The standard InChI is InChI=1S/C46H34N4/c1-4-11-42-37(5-2)38-17-6-7-19-43(38)50(42)44-23-21-31(28-47)25-40(44)34-14-8-12-32(26-34)33-13-9-16-36(27-33)49-45-22-20-30(3)24-41(45)39-18-10-15-35(29-48)46(39)49/h4-15,17-27,36H,2,16H2,1,3H3/b11-4-. The molecule has 1 aliphatic rings. The number of allylic oxidation sites excluding steroid dienone is 5. The fraction of sp³-hybridized carbons (Fsp3) is 0.0870. The van der Waals surface area contributed by atoms with Crippen molar-refractivity contribution >= 4 is 50.4 Å². The van der Waals surface area contributed by atoms with Crippen molar-refractivity contribution in [3.05, 3.63) is 168 Å². The molecular weight excluding hydrogens is 609 g/mol. The molecule has 0 amide bonds. The van der Waals surface area contributed by atoms with Crippen LogP contribution in [0, 0.1) is 29.6 Å². The highest BCUT2D eigenvalue weighted by Crippen LogP contribution is 2.40. The van der Waals surface area contributed by atoms with Crippen molar-refractivity contribution in [2.75, 3.05) is 0 Å². The lowest BCUT2D eigenvalue weighted by molar-refractivity contribution is 0.649. The van der Waals surface area contributed by atoms with Crippen LogP contribution in [0.5, 0.6) is 0 Å². The van der Waals surface area contributed by atoms with E-state index in [0.717, 1.165) is 73.0 Å². The van der Waals surface area contributed by atoms with Gasteiger partial charge in [0.25, 0.3) is 0 Å². The molecule has 4 heteroatoms. The number of aryl methyl sites for hydroxylation is 1. The van der Waals surface area contributed by atoms with Crippen molar-refractivity contribution in [3.63, 3.8) is 0 Å². The number of fused-ring (bicyclic) bond motifs is 4. The van der Waals surface area contributed by atoms with Crippen LogP contribution in [0.2, 0.25) is 0 Å². The summed E-state index contributed by atoms with van der Waals surface area (Å²) in [5, 5.41) is 23.5. The maximum absolute atomic E-state index is 10.1. The summed E-state index contributed by atoms with van der Waals surface area (Å²) < 4.78 is 4.63. The predicted molar refractivity (Wildman–Crippen MR) is 208 cm³/mol. The van der Waals surface area contributed by atoms with E-state index in [9.17, 15) is 10.5 Å². The Labute approximate surface area is 292 Å². The third kappa shape index (κ3) is 4.90. The molecule has 0 aliphatic heterocycles. The second kappa shape index (κ2) is 12.4. The normalized spacial score (nSPS) is 14.3. The van der Waals surface area contributed by atoms with E-state index in [4.69, 9.17) is 0 Å². The fourth-order valence-corrected chi connectivity index (χ4v) is 7.67. The number of para-hydroxylation sites is 2. The minimum atomic E-state index is 0.0280. The van der Waals surface area contributed by atoms with Crippen molar-refractivity contribution in [3.8, 4) is 29.0 Å². The molecule has 5 aromatic carbocycles. The van der Waals surface area contributed by atoms with Crippen LogP contribution in [0.1, 0.15) is 52.9 Å². The van der Waals surface area contributed by atoms with Crippen LogP contribution in [-0.2, 0) is 0 Å². The molecule has 8 rings (SSSR count). The molecule has 4 nitrogen and oxygen atoms in total. The van der Waals surface area contributed by atoms with Gasteiger partial charge in [0.1, 0.15) is 6.07 Å². The van der Waals surface area contributed by atoms with Gasteiger partial charge in [0, 0.05) is 32.8 Å². The number of rotatable bonds is 6. The zero-order valence-electron chi connectivity index (χ0n) is 28.1. The van der Waals surface area contributed by atoms with Crippen molar-refractivity contribution in [1.82, 2.24) is 9.13 Å². The third-order valence-corrected chi connectivity index (χ3v) is 9.83. The van der Waals surface area contributed by atoms with E-state index in [-0.39, 0.29) is 6.04 Å². The molecule has 2 aromatic heterocycles. The number of benzene rings is 5. The maximum atomic E-state index is 10.1. The molecule has 1 unspecified atom stereocenters. The monoisotopic (exact) mass is 642 g/mol. The second-order valence-electron chi connectivity index (χ2n) is 12.8. The first kappa shape index (κ1) is 30.7. The van der Waals surface area contributed by atoms with Gasteiger partial charge in [0.05, 0.1) is 45.7 Å². The van der Waals surface area contributed by atoms with E-state index < -0.39 is 0 Å². The average Bonchev–Trinajstić information content (AvgIpc) is 3.66. The van der Waals surface area contributed by atoms with Gasteiger partial charge >= 0.3 is 0 Å². The molecule has 0 fully saturated rings. The van der Waals surface area contributed by atoms with Gasteiger partial charge in [-0.2, -0.15) is 10.5 Å². The second-order valence-corrected chi connectivity index (χ2v) is 12.8. The summed E-state index contributed by atoms with van der Waals surface area (Å²) in [5.41, 5.74) is 13.0. The van der Waals surface area contributed by atoms with Crippen molar-refractivity contribution in [1.29, 1.82) is 10.5 Å². The van der Waals surface area contributed by atoms with Gasteiger partial charge in [-0.3, -0.25) is 0 Å². The first-order valence-corrected chi connectivity index (χ1v) is 16.9. The number of nitrogens with zero attached hydrogens (tertiary/aromatic N) is 4. The Balaban J connectivity index is 1.30. The van der Waals surface area contributed by atoms with Crippen molar-refractivity contribution in [2.24, 2.45) is 0 Å². The Kier molecular flexibility index (Phi) is 7.64. The Morgan fingerprint density at radius 2 is 1.62 bits per heavy atom. The van der Waals surface area contributed by atoms with Crippen LogP contribution < -0.4 is 0 Å². The van der Waals surface area contributed by atoms with E-state index >= 15 is 0 Å². The topological polar surface area (TPSA) is 57.4 Å². The van der Waals surface area contributed by atoms with Gasteiger partial charge in [-0.25, -0.2) is 0 Å². The highest BCUT2D eigenvalue weighted by molar-refractivity contribution is 6.10. The number of aromatic nitrogens is 2. The summed E-state index contributed by atoms with van der Waals surface area (Å²) >= 11 is 0. The molecule has 0 bridgehead atoms. The van der Waals surface area contributed by atoms with E-state index in [1.54, 1.807) is 0 Å². The SMILES string of the molecule is C=Cc1c(/C=C\C)n(-c2ccc(C#N)cc2-c2cccc(C3=CC(n4c5ccc(C)cc5c5cccc(C#N)c54)CC=C3)c2)c2ccccc12. The van der Waals surface area contributed by atoms with Crippen molar-refractivity contribution < 1.29 is 0 Å². The number of hydrogen-bond acceptors (Lipinski definition) is 2. The summed E-state index contributed by atoms with van der Waals surface area (Å²) in [6, 6.07) is 40.4. The van der Waals surface area contributed by atoms with E-state index in [1.165, 1.54) is 10.9 Å². The zero-order chi connectivity index (χ0) is 34.4. The maximum Gasteiger partial charge on any atom is 0.101 e. The number of hydrogen-bond donors (Lipinski definition) is 0. The highest BCUT2D eigenvalue weighted by atomic mass is 15.0. The highest BCUT2D eigenvalue weighted by Gasteiger charge is 2.22. The molecule has 0 saturated heterocycles. The molecule has 0 spiro atoms. The van der Waals surface area contributed by atoms with Gasteiger partial charge in [-0.1, -0.05) is 97.1 Å². The Hall–Kier alpha value is -6.62. The predicted octanol–water partition coefficient (Wildman–Crippen LogP) is 11.7. The molecule has 2 heterocycles. The lowest BCUT2D eigenvalue weighted by Crippen LogP contribution is -2.09. The summed E-state index contributed by atoms with van der Waals surface area (Å²) in [7, 11) is 0. The summed E-state index contributed by atoms with van der Waals surface area (Å²) in [4.78, 5) is 0. The van der Waals surface area contributed by atoms with E-state index in [2.05, 4.69) is 144 Å². The molecule has 238 valence electrons. The van der Waals surface area contributed by atoms with Crippen LogP contribution >= 0.6 is 0 Å². The molecule has 0 N–H and O–H groups in total. The average molecular weight is 643 g/mol. The molecule has 1 atom stereocenters. The Morgan fingerprint density at radius 1 is 0.800 bits per heavy atom. The van der Waals surface area contributed by atoms with Gasteiger partial charge < -0.3 is 9.13 Å². The zero-order valence-corrected chi connectivity index (χ0v) is 28.1. The molecule has 1 aliphatic carbocycles. The third-order valence-electron chi connectivity index (χ3n) is 9.83. The van der Waals surface area contributed by atoms with E-state index in [1.807, 2.05) is 37.3 Å². The molecule has 0 saturated carbocycles. The van der Waals surface area contributed by atoms with Gasteiger partial charge in [0.2, 0.25) is 0 Å². The minimum absolute atomic E-state index is 0.0280. The molecule has 7 aromatic rings. The Bertz CT molecular complexity index is 2690.